The van der Waals surface area contributed by atoms with Crippen molar-refractivity contribution in [1.82, 2.24) is 15.5 Å². The van der Waals surface area contributed by atoms with Crippen molar-refractivity contribution in [2.75, 3.05) is 0 Å². The maximum atomic E-state index is 13.8. The Balaban J connectivity index is 1.64. The average Bonchev–Trinajstić information content (AvgIpc) is 2.99. The summed E-state index contributed by atoms with van der Waals surface area (Å²) in [5, 5.41) is 10.7. The largest absolute Gasteiger partial charge is 0.351 e. The number of hydrogen-bond acceptors (Lipinski definition) is 3. The molecule has 4 N–H and O–H groups in total. The molecule has 1 amide bonds. The number of nitrogens with two attached hydrogens (primary N) is 1. The van der Waals surface area contributed by atoms with Crippen molar-refractivity contribution in [3.05, 3.63) is 64.6 Å². The normalized spacial score (nSPS) is 12.3. The molecule has 2 aromatic carbocycles. The topological polar surface area (TPSA) is 83.8 Å². The molecule has 1 unspecified atom stereocenters. The van der Waals surface area contributed by atoms with E-state index < -0.39 is 11.9 Å². The highest BCUT2D eigenvalue weighted by Gasteiger charge is 2.17. The second-order valence-corrected chi connectivity index (χ2v) is 5.87. The smallest absolute Gasteiger partial charge is 0.237 e. The number of amides is 1. The summed E-state index contributed by atoms with van der Waals surface area (Å²) >= 11 is 5.72. The number of hydrogen-bond donors (Lipinski definition) is 3. The van der Waals surface area contributed by atoms with Crippen molar-refractivity contribution in [3.63, 3.8) is 0 Å². The van der Waals surface area contributed by atoms with Gasteiger partial charge in [-0.05, 0) is 12.1 Å². The van der Waals surface area contributed by atoms with E-state index in [-0.39, 0.29) is 17.5 Å². The summed E-state index contributed by atoms with van der Waals surface area (Å²) in [5.41, 5.74) is 7.88. The Morgan fingerprint density at radius 3 is 2.92 bits per heavy atom. The summed E-state index contributed by atoms with van der Waals surface area (Å²) in [6.45, 7) is 0.0304. The number of halogens is 2. The molecule has 124 valence electrons. The number of fused-ring (bicyclic) bond motifs is 1. The Morgan fingerprint density at radius 2 is 2.08 bits per heavy atom. The molecular weight excluding hydrogens is 331 g/mol. The standard InChI is InChI=1S/C17H16ClFN4O/c18-12-6-3-4-10(16(12)19)9-21-17(24)13(20)8-15-11-5-1-2-7-14(11)22-23-15/h1-7,13H,8-9,20H2,(H,21,24)(H,22,23). The molecule has 0 fully saturated rings. The van der Waals surface area contributed by atoms with Crippen molar-refractivity contribution >= 4 is 28.4 Å². The van der Waals surface area contributed by atoms with Gasteiger partial charge in [0, 0.05) is 29.6 Å². The molecule has 3 rings (SSSR count). The summed E-state index contributed by atoms with van der Waals surface area (Å²) in [7, 11) is 0. The number of benzene rings is 2. The lowest BCUT2D eigenvalue weighted by Crippen LogP contribution is -2.41. The zero-order valence-corrected chi connectivity index (χ0v) is 13.5. The van der Waals surface area contributed by atoms with E-state index in [0.29, 0.717) is 12.0 Å². The van der Waals surface area contributed by atoms with Gasteiger partial charge in [0.1, 0.15) is 5.82 Å². The van der Waals surface area contributed by atoms with Gasteiger partial charge in [0.05, 0.1) is 16.6 Å². The summed E-state index contributed by atoms with van der Waals surface area (Å²) in [5.74, 6) is -0.902. The molecule has 0 saturated carbocycles. The number of aromatic nitrogens is 2. The van der Waals surface area contributed by atoms with Gasteiger partial charge in [0.2, 0.25) is 5.91 Å². The van der Waals surface area contributed by atoms with Gasteiger partial charge >= 0.3 is 0 Å². The van der Waals surface area contributed by atoms with E-state index in [4.69, 9.17) is 17.3 Å². The van der Waals surface area contributed by atoms with E-state index in [1.165, 1.54) is 6.07 Å². The van der Waals surface area contributed by atoms with Crippen LogP contribution in [0.5, 0.6) is 0 Å². The van der Waals surface area contributed by atoms with Crippen molar-refractivity contribution in [3.8, 4) is 0 Å². The van der Waals surface area contributed by atoms with Crippen LogP contribution < -0.4 is 11.1 Å². The first kappa shape index (κ1) is 16.4. The minimum atomic E-state index is -0.767. The van der Waals surface area contributed by atoms with Crippen LogP contribution >= 0.6 is 11.6 Å². The number of para-hydroxylation sites is 1. The predicted molar refractivity (Wildman–Crippen MR) is 91.0 cm³/mol. The minimum Gasteiger partial charge on any atom is -0.351 e. The lowest BCUT2D eigenvalue weighted by atomic mass is 10.1. The van der Waals surface area contributed by atoms with Crippen LogP contribution in [0.4, 0.5) is 4.39 Å². The number of carbonyl (C=O) groups is 1. The van der Waals surface area contributed by atoms with Crippen LogP contribution in [0.1, 0.15) is 11.3 Å². The molecule has 1 aromatic heterocycles. The number of nitrogens with zero attached hydrogens (tertiary/aromatic N) is 1. The maximum absolute atomic E-state index is 13.8. The van der Waals surface area contributed by atoms with Crippen molar-refractivity contribution < 1.29 is 9.18 Å². The van der Waals surface area contributed by atoms with Crippen molar-refractivity contribution in [2.45, 2.75) is 19.0 Å². The molecule has 0 aliphatic carbocycles. The Labute approximate surface area is 143 Å². The van der Waals surface area contributed by atoms with E-state index in [1.54, 1.807) is 12.1 Å². The van der Waals surface area contributed by atoms with Crippen LogP contribution in [0.15, 0.2) is 42.5 Å². The number of carbonyl (C=O) groups excluding carboxylic acids is 1. The van der Waals surface area contributed by atoms with Crippen LogP contribution in [0.3, 0.4) is 0 Å². The molecule has 24 heavy (non-hydrogen) atoms. The third-order valence-corrected chi connectivity index (χ3v) is 4.08. The first-order valence-electron chi connectivity index (χ1n) is 7.44. The fourth-order valence-corrected chi connectivity index (χ4v) is 2.67. The third kappa shape index (κ3) is 3.39. The van der Waals surface area contributed by atoms with Crippen molar-refractivity contribution in [1.29, 1.82) is 0 Å². The van der Waals surface area contributed by atoms with Crippen LogP contribution in [-0.4, -0.2) is 22.1 Å². The maximum Gasteiger partial charge on any atom is 0.237 e. The molecular formula is C17H16ClFN4O. The molecule has 5 nitrogen and oxygen atoms in total. The van der Waals surface area contributed by atoms with E-state index in [9.17, 15) is 9.18 Å². The number of aromatic amines is 1. The van der Waals surface area contributed by atoms with Crippen LogP contribution in [0.25, 0.3) is 10.9 Å². The molecule has 1 heterocycles. The first-order valence-corrected chi connectivity index (χ1v) is 7.82. The first-order chi connectivity index (χ1) is 11.6. The molecule has 0 bridgehead atoms. The van der Waals surface area contributed by atoms with Crippen LogP contribution in [-0.2, 0) is 17.8 Å². The second-order valence-electron chi connectivity index (χ2n) is 5.46. The highest BCUT2D eigenvalue weighted by molar-refractivity contribution is 6.30. The molecule has 7 heteroatoms. The average molecular weight is 347 g/mol. The number of rotatable bonds is 5. The monoisotopic (exact) mass is 346 g/mol. The van der Waals surface area contributed by atoms with E-state index in [1.807, 2.05) is 24.3 Å². The number of nitrogens with one attached hydrogen (secondary N) is 2. The van der Waals surface area contributed by atoms with Gasteiger partial charge < -0.3 is 11.1 Å². The Kier molecular flexibility index (Phi) is 4.78. The van der Waals surface area contributed by atoms with Gasteiger partial charge in [-0.25, -0.2) is 4.39 Å². The summed E-state index contributed by atoms with van der Waals surface area (Å²) in [6, 6.07) is 11.5. The molecule has 3 aromatic rings. The van der Waals surface area contributed by atoms with E-state index in [2.05, 4.69) is 15.5 Å². The molecule has 0 spiro atoms. The summed E-state index contributed by atoms with van der Waals surface area (Å²) in [4.78, 5) is 12.1. The van der Waals surface area contributed by atoms with Crippen LogP contribution in [0, 0.1) is 5.82 Å². The fraction of sp³-hybridized carbons (Fsp3) is 0.176. The summed E-state index contributed by atoms with van der Waals surface area (Å²) < 4.78 is 13.8. The zero-order valence-electron chi connectivity index (χ0n) is 12.7. The Morgan fingerprint density at radius 1 is 1.29 bits per heavy atom. The SMILES string of the molecule is NC(Cc1[nH]nc2ccccc12)C(=O)NCc1cccc(Cl)c1F. The summed E-state index contributed by atoms with van der Waals surface area (Å²) in [6.07, 6.45) is 0.310. The van der Waals surface area contributed by atoms with Gasteiger partial charge in [-0.3, -0.25) is 9.89 Å². The minimum absolute atomic E-state index is 0.0231. The van der Waals surface area contributed by atoms with E-state index >= 15 is 0 Å². The number of H-pyrrole nitrogens is 1. The highest BCUT2D eigenvalue weighted by Crippen LogP contribution is 2.18. The molecule has 0 radical (unpaired) electrons. The molecule has 0 saturated heterocycles. The van der Waals surface area contributed by atoms with Crippen molar-refractivity contribution in [2.24, 2.45) is 5.73 Å². The van der Waals surface area contributed by atoms with Gasteiger partial charge in [-0.1, -0.05) is 41.9 Å². The third-order valence-electron chi connectivity index (χ3n) is 3.79. The lowest BCUT2D eigenvalue weighted by molar-refractivity contribution is -0.122. The quantitative estimate of drug-likeness (QED) is 0.663. The highest BCUT2D eigenvalue weighted by atomic mass is 35.5. The van der Waals surface area contributed by atoms with Crippen LogP contribution in [0.2, 0.25) is 5.02 Å². The molecule has 0 aliphatic heterocycles. The van der Waals surface area contributed by atoms with E-state index in [0.717, 1.165) is 16.6 Å². The Bertz CT molecular complexity index is 880. The zero-order chi connectivity index (χ0) is 17.1. The predicted octanol–water partition coefficient (Wildman–Crippen LogP) is 2.54. The Hall–Kier alpha value is -2.44. The van der Waals surface area contributed by atoms with Gasteiger partial charge in [0.15, 0.2) is 0 Å². The van der Waals surface area contributed by atoms with Gasteiger partial charge in [0.25, 0.3) is 0 Å². The molecule has 1 atom stereocenters. The fourth-order valence-electron chi connectivity index (χ4n) is 2.48. The van der Waals surface area contributed by atoms with Gasteiger partial charge in [-0.2, -0.15) is 5.10 Å². The lowest BCUT2D eigenvalue weighted by Gasteiger charge is -2.12. The second kappa shape index (κ2) is 6.98. The molecule has 0 aliphatic rings. The van der Waals surface area contributed by atoms with Gasteiger partial charge in [-0.15, -0.1) is 0 Å².